The maximum Gasteiger partial charge on any atom is 0.294 e. The highest BCUT2D eigenvalue weighted by Crippen LogP contribution is 2.40. The van der Waals surface area contributed by atoms with Crippen molar-refractivity contribution in [2.45, 2.75) is 13.1 Å². The minimum Gasteiger partial charge on any atom is -0.369 e. The van der Waals surface area contributed by atoms with Gasteiger partial charge in [0.25, 0.3) is 11.4 Å². The highest BCUT2D eigenvalue weighted by atomic mass is 19.1. The fourth-order valence-electron chi connectivity index (χ4n) is 6.43. The Morgan fingerprint density at radius 2 is 1.14 bits per heavy atom. The van der Waals surface area contributed by atoms with E-state index < -0.39 is 15.7 Å². The van der Waals surface area contributed by atoms with Crippen molar-refractivity contribution in [2.24, 2.45) is 0 Å². The third-order valence-electron chi connectivity index (χ3n) is 9.38. The molecule has 4 aromatic rings. The van der Waals surface area contributed by atoms with Gasteiger partial charge in [0, 0.05) is 94.8 Å². The zero-order chi connectivity index (χ0) is 34.5. The van der Waals surface area contributed by atoms with E-state index in [9.17, 15) is 24.6 Å². The summed E-state index contributed by atoms with van der Waals surface area (Å²) < 4.78 is 16.1. The first-order valence-corrected chi connectivity index (χ1v) is 16.5. The summed E-state index contributed by atoms with van der Waals surface area (Å²) in [5, 5.41) is 28.9. The number of likely N-dealkylation sites (N-methyl/N-ethyl adjacent to an activating group) is 2. The van der Waals surface area contributed by atoms with E-state index in [0.29, 0.717) is 17.8 Å². The summed E-state index contributed by atoms with van der Waals surface area (Å²) in [6.07, 6.45) is 3.82. The first-order chi connectivity index (χ1) is 23.7. The summed E-state index contributed by atoms with van der Waals surface area (Å²) >= 11 is 0. The second-order valence-electron chi connectivity index (χ2n) is 12.7. The standard InChI is InChI=1S/C35H42FN9O4/c1-37-15-20-40(21-16-37)30-9-11-32(44(46)47)34(25-30)42(24-19-39-13-3-4-14-39)43(27-28-5-7-29(36)8-6-28)35-26-31(10-12-33(35)45(48)49)41-22-17-38(2)18-23-41/h3-14,25-26H,15-24,27H2,1-2H3. The Hall–Kier alpha value is -5.21. The predicted molar refractivity (Wildman–Crippen MR) is 190 cm³/mol. The van der Waals surface area contributed by atoms with Gasteiger partial charge in [0.1, 0.15) is 17.2 Å². The Balaban J connectivity index is 1.52. The Labute approximate surface area is 285 Å². The lowest BCUT2D eigenvalue weighted by molar-refractivity contribution is -0.384. The van der Waals surface area contributed by atoms with Crippen molar-refractivity contribution >= 4 is 34.1 Å². The molecule has 13 nitrogen and oxygen atoms in total. The highest BCUT2D eigenvalue weighted by Gasteiger charge is 2.32. The van der Waals surface area contributed by atoms with Crippen LogP contribution in [-0.2, 0) is 13.1 Å². The summed E-state index contributed by atoms with van der Waals surface area (Å²) in [6, 6.07) is 20.0. The van der Waals surface area contributed by atoms with Gasteiger partial charge in [-0.3, -0.25) is 30.2 Å². The number of nitrogens with zero attached hydrogens (tertiary/aromatic N) is 9. The van der Waals surface area contributed by atoms with Crippen LogP contribution in [0.15, 0.2) is 85.2 Å². The molecule has 0 saturated carbocycles. The fourth-order valence-corrected chi connectivity index (χ4v) is 6.43. The zero-order valence-corrected chi connectivity index (χ0v) is 27.9. The molecule has 2 fully saturated rings. The quantitative estimate of drug-likeness (QED) is 0.150. The molecule has 6 rings (SSSR count). The maximum atomic E-state index is 14.1. The van der Waals surface area contributed by atoms with Gasteiger partial charge in [-0.15, -0.1) is 0 Å². The maximum absolute atomic E-state index is 14.1. The molecule has 14 heteroatoms. The van der Waals surface area contributed by atoms with Gasteiger partial charge in [-0.1, -0.05) is 12.1 Å². The first-order valence-electron chi connectivity index (χ1n) is 16.5. The predicted octanol–water partition coefficient (Wildman–Crippen LogP) is 5.08. The van der Waals surface area contributed by atoms with Gasteiger partial charge in [-0.25, -0.2) is 4.39 Å². The van der Waals surface area contributed by atoms with Gasteiger partial charge in [-0.2, -0.15) is 0 Å². The summed E-state index contributed by atoms with van der Waals surface area (Å²) in [6.45, 7) is 7.20. The minimum absolute atomic E-state index is 0.0921. The van der Waals surface area contributed by atoms with Crippen LogP contribution in [0, 0.1) is 26.0 Å². The van der Waals surface area contributed by atoms with E-state index in [1.165, 1.54) is 24.3 Å². The number of hydrazine groups is 1. The van der Waals surface area contributed by atoms with Crippen molar-refractivity contribution in [3.63, 3.8) is 0 Å². The number of hydrogen-bond donors (Lipinski definition) is 0. The second-order valence-corrected chi connectivity index (χ2v) is 12.7. The van der Waals surface area contributed by atoms with Gasteiger partial charge in [-0.05, 0) is 68.2 Å². The van der Waals surface area contributed by atoms with E-state index in [2.05, 4.69) is 33.7 Å². The van der Waals surface area contributed by atoms with E-state index in [1.54, 1.807) is 34.3 Å². The Morgan fingerprint density at radius 3 is 1.61 bits per heavy atom. The van der Waals surface area contributed by atoms with Crippen molar-refractivity contribution < 1.29 is 14.2 Å². The molecule has 0 spiro atoms. The molecule has 258 valence electrons. The normalized spacial score (nSPS) is 15.7. The van der Waals surface area contributed by atoms with Crippen molar-refractivity contribution in [1.82, 2.24) is 14.4 Å². The highest BCUT2D eigenvalue weighted by molar-refractivity contribution is 5.77. The summed E-state index contributed by atoms with van der Waals surface area (Å²) in [4.78, 5) is 33.4. The second kappa shape index (κ2) is 14.9. The van der Waals surface area contributed by atoms with Crippen LogP contribution in [0.3, 0.4) is 0 Å². The lowest BCUT2D eigenvalue weighted by Crippen LogP contribution is -2.46. The van der Waals surface area contributed by atoms with Crippen molar-refractivity contribution in [3.8, 4) is 0 Å². The number of rotatable bonds is 12. The number of nitro benzene ring substituents is 2. The van der Waals surface area contributed by atoms with Gasteiger partial charge in [0.15, 0.2) is 0 Å². The number of piperazine rings is 2. The summed E-state index contributed by atoms with van der Waals surface area (Å²) in [5.41, 5.74) is 2.69. The molecule has 0 aliphatic carbocycles. The molecule has 0 N–H and O–H groups in total. The van der Waals surface area contributed by atoms with Crippen molar-refractivity contribution in [2.75, 3.05) is 92.8 Å². The van der Waals surface area contributed by atoms with E-state index in [0.717, 1.165) is 63.7 Å². The van der Waals surface area contributed by atoms with Crippen LogP contribution in [0.2, 0.25) is 0 Å². The van der Waals surface area contributed by atoms with E-state index in [-0.39, 0.29) is 30.2 Å². The number of hydrogen-bond acceptors (Lipinski definition) is 10. The number of benzene rings is 3. The minimum atomic E-state index is -0.417. The average Bonchev–Trinajstić information content (AvgIpc) is 3.63. The molecular weight excluding hydrogens is 629 g/mol. The molecular formula is C35H42FN9O4. The van der Waals surface area contributed by atoms with Crippen LogP contribution in [0.5, 0.6) is 0 Å². The molecule has 2 aliphatic rings. The van der Waals surface area contributed by atoms with Gasteiger partial charge in [0.2, 0.25) is 0 Å². The number of anilines is 4. The van der Waals surface area contributed by atoms with E-state index in [4.69, 9.17) is 0 Å². The molecule has 1 aromatic heterocycles. The molecule has 0 atom stereocenters. The fraction of sp³-hybridized carbons (Fsp3) is 0.371. The number of halogens is 1. The Bertz CT molecular complexity index is 1740. The zero-order valence-electron chi connectivity index (χ0n) is 27.9. The van der Waals surface area contributed by atoms with Gasteiger partial charge < -0.3 is 24.2 Å². The number of nitro groups is 2. The smallest absolute Gasteiger partial charge is 0.294 e. The van der Waals surface area contributed by atoms with Crippen LogP contribution in [-0.4, -0.2) is 97.2 Å². The molecule has 3 heterocycles. The molecule has 0 amide bonds. The van der Waals surface area contributed by atoms with Crippen molar-refractivity contribution in [1.29, 1.82) is 0 Å². The topological polar surface area (TPSA) is 111 Å². The molecule has 3 aromatic carbocycles. The molecule has 49 heavy (non-hydrogen) atoms. The lowest BCUT2D eigenvalue weighted by Gasteiger charge is -2.40. The monoisotopic (exact) mass is 671 g/mol. The average molecular weight is 672 g/mol. The van der Waals surface area contributed by atoms with Crippen LogP contribution < -0.4 is 19.8 Å². The van der Waals surface area contributed by atoms with E-state index in [1.807, 2.05) is 41.2 Å². The van der Waals surface area contributed by atoms with Gasteiger partial charge in [0.05, 0.1) is 22.9 Å². The number of aromatic nitrogens is 1. The van der Waals surface area contributed by atoms with Crippen molar-refractivity contribution in [3.05, 3.63) is 117 Å². The summed E-state index contributed by atoms with van der Waals surface area (Å²) in [5.74, 6) is -0.404. The Kier molecular flexibility index (Phi) is 10.3. The van der Waals surface area contributed by atoms with Crippen LogP contribution in [0.4, 0.5) is 38.5 Å². The third-order valence-corrected chi connectivity index (χ3v) is 9.38. The van der Waals surface area contributed by atoms with Crippen LogP contribution >= 0.6 is 0 Å². The molecule has 2 saturated heterocycles. The first kappa shape index (κ1) is 33.7. The molecule has 0 unspecified atom stereocenters. The van der Waals surface area contributed by atoms with Crippen LogP contribution in [0.1, 0.15) is 5.56 Å². The Morgan fingerprint density at radius 1 is 0.673 bits per heavy atom. The molecule has 2 aliphatic heterocycles. The largest absolute Gasteiger partial charge is 0.369 e. The lowest BCUT2D eigenvalue weighted by atomic mass is 10.1. The SMILES string of the molecule is CN1CCN(c2ccc([N+](=O)[O-])c(N(CCn3cccc3)N(Cc3ccc(F)cc3)c3cc(N4CCN(C)CC4)ccc3[N+](=O)[O-])c2)CC1. The molecule has 0 bridgehead atoms. The summed E-state index contributed by atoms with van der Waals surface area (Å²) in [7, 11) is 4.13. The molecule has 0 radical (unpaired) electrons. The third kappa shape index (κ3) is 7.92. The van der Waals surface area contributed by atoms with Crippen LogP contribution in [0.25, 0.3) is 0 Å². The van der Waals surface area contributed by atoms with E-state index >= 15 is 0 Å². The van der Waals surface area contributed by atoms with Gasteiger partial charge >= 0.3 is 0 Å².